The van der Waals surface area contributed by atoms with Gasteiger partial charge in [-0.25, -0.2) is 5.84 Å². The summed E-state index contributed by atoms with van der Waals surface area (Å²) in [6, 6.07) is 7.85. The fourth-order valence-electron chi connectivity index (χ4n) is 2.31. The summed E-state index contributed by atoms with van der Waals surface area (Å²) in [6.07, 6.45) is 1.55. The predicted octanol–water partition coefficient (Wildman–Crippen LogP) is 0.384. The number of likely N-dealkylation sites (tertiary alicyclic amines) is 1. The van der Waals surface area contributed by atoms with Crippen LogP contribution in [-0.2, 0) is 22.6 Å². The molecule has 0 aliphatic carbocycles. The number of carbonyl (C=O) groups excluding carboxylic acids is 2. The molecule has 5 nitrogen and oxygen atoms in total. The van der Waals surface area contributed by atoms with E-state index in [4.69, 9.17) is 5.84 Å². The van der Waals surface area contributed by atoms with Crippen molar-refractivity contribution in [3.63, 3.8) is 0 Å². The van der Waals surface area contributed by atoms with Crippen LogP contribution >= 0.6 is 0 Å². The van der Waals surface area contributed by atoms with Crippen LogP contribution in [-0.4, -0.2) is 29.7 Å². The highest BCUT2D eigenvalue weighted by atomic mass is 16.2. The third-order valence-corrected chi connectivity index (χ3v) is 3.44. The Labute approximate surface area is 112 Å². The molecule has 102 valence electrons. The molecule has 1 fully saturated rings. The topological polar surface area (TPSA) is 75.4 Å². The summed E-state index contributed by atoms with van der Waals surface area (Å²) in [4.78, 5) is 24.8. The molecule has 1 aromatic carbocycles. The van der Waals surface area contributed by atoms with Crippen molar-refractivity contribution in [1.29, 1.82) is 0 Å². The minimum atomic E-state index is -0.193. The molecule has 5 heteroatoms. The first-order valence-corrected chi connectivity index (χ1v) is 6.49. The first kappa shape index (κ1) is 13.7. The zero-order valence-electron chi connectivity index (χ0n) is 10.9. The molecule has 0 unspecified atom stereocenters. The Morgan fingerprint density at radius 1 is 1.21 bits per heavy atom. The van der Waals surface area contributed by atoms with E-state index in [1.807, 2.05) is 24.3 Å². The van der Waals surface area contributed by atoms with E-state index in [1.54, 1.807) is 0 Å². The quantitative estimate of drug-likeness (QED) is 0.467. The van der Waals surface area contributed by atoms with Gasteiger partial charge < -0.3 is 0 Å². The maximum Gasteiger partial charge on any atom is 0.238 e. The highest BCUT2D eigenvalue weighted by Crippen LogP contribution is 2.15. The fourth-order valence-corrected chi connectivity index (χ4v) is 2.31. The number of carbonyl (C=O) groups is 2. The fraction of sp³-hybridized carbons (Fsp3) is 0.429. The zero-order valence-corrected chi connectivity index (χ0v) is 10.9. The summed E-state index contributed by atoms with van der Waals surface area (Å²) in [5, 5.41) is 0. The van der Waals surface area contributed by atoms with Crippen molar-refractivity contribution >= 4 is 11.7 Å². The summed E-state index contributed by atoms with van der Waals surface area (Å²) in [5.41, 5.74) is 4.27. The largest absolute Gasteiger partial charge is 0.300 e. The third kappa shape index (κ3) is 3.87. The van der Waals surface area contributed by atoms with E-state index in [-0.39, 0.29) is 5.91 Å². The number of nitrogens with two attached hydrogens (primary N) is 1. The maximum atomic E-state index is 11.4. The Bertz CT molecular complexity index is 464. The Morgan fingerprint density at radius 2 is 1.84 bits per heavy atom. The molecule has 0 bridgehead atoms. The van der Waals surface area contributed by atoms with Crippen molar-refractivity contribution in [2.45, 2.75) is 25.8 Å². The zero-order chi connectivity index (χ0) is 13.7. The van der Waals surface area contributed by atoms with Crippen LogP contribution in [0.1, 0.15) is 24.0 Å². The van der Waals surface area contributed by atoms with Gasteiger partial charge in [0.1, 0.15) is 5.78 Å². The van der Waals surface area contributed by atoms with Crippen molar-refractivity contribution < 1.29 is 9.59 Å². The first-order valence-electron chi connectivity index (χ1n) is 6.49. The molecule has 3 N–H and O–H groups in total. The number of hydrazine groups is 1. The van der Waals surface area contributed by atoms with Crippen LogP contribution < -0.4 is 11.3 Å². The molecular formula is C14H19N3O2. The van der Waals surface area contributed by atoms with Crippen molar-refractivity contribution in [3.05, 3.63) is 35.4 Å². The number of nitrogens with zero attached hydrogens (tertiary/aromatic N) is 1. The minimum Gasteiger partial charge on any atom is -0.300 e. The van der Waals surface area contributed by atoms with Crippen molar-refractivity contribution in [2.24, 2.45) is 5.84 Å². The van der Waals surface area contributed by atoms with E-state index in [9.17, 15) is 9.59 Å². The molecule has 1 heterocycles. The lowest BCUT2D eigenvalue weighted by molar-refractivity contribution is -0.121. The summed E-state index contributed by atoms with van der Waals surface area (Å²) in [6.45, 7) is 2.38. The van der Waals surface area contributed by atoms with E-state index in [0.717, 1.165) is 30.8 Å². The van der Waals surface area contributed by atoms with E-state index in [0.29, 0.717) is 25.0 Å². The lowest BCUT2D eigenvalue weighted by Gasteiger charge is -2.26. The lowest BCUT2D eigenvalue weighted by Crippen LogP contribution is -2.34. The second kappa shape index (κ2) is 6.45. The summed E-state index contributed by atoms with van der Waals surface area (Å²) < 4.78 is 0. The van der Waals surface area contributed by atoms with Crippen molar-refractivity contribution in [1.82, 2.24) is 10.3 Å². The number of benzene rings is 1. The summed E-state index contributed by atoms with van der Waals surface area (Å²) >= 11 is 0. The monoisotopic (exact) mass is 261 g/mol. The van der Waals surface area contributed by atoms with Gasteiger partial charge in [-0.3, -0.25) is 19.9 Å². The SMILES string of the molecule is NNC(=O)Cc1ccccc1CN1CCC(=O)CC1. The van der Waals surface area contributed by atoms with Crippen LogP contribution in [0.2, 0.25) is 0 Å². The van der Waals surface area contributed by atoms with Gasteiger partial charge in [0.15, 0.2) is 0 Å². The van der Waals surface area contributed by atoms with Crippen LogP contribution in [0, 0.1) is 0 Å². The average molecular weight is 261 g/mol. The highest BCUT2D eigenvalue weighted by molar-refractivity contribution is 5.79. The van der Waals surface area contributed by atoms with Gasteiger partial charge in [0.05, 0.1) is 6.42 Å². The van der Waals surface area contributed by atoms with E-state index < -0.39 is 0 Å². The van der Waals surface area contributed by atoms with Gasteiger partial charge in [-0.15, -0.1) is 0 Å². The van der Waals surface area contributed by atoms with Gasteiger partial charge in [-0.05, 0) is 11.1 Å². The van der Waals surface area contributed by atoms with Crippen LogP contribution in [0.4, 0.5) is 0 Å². The standard InChI is InChI=1S/C14H19N3O2/c15-16-14(19)9-11-3-1-2-4-12(11)10-17-7-5-13(18)6-8-17/h1-4H,5-10,15H2,(H,16,19). The molecule has 0 atom stereocenters. The van der Waals surface area contributed by atoms with Gasteiger partial charge >= 0.3 is 0 Å². The van der Waals surface area contributed by atoms with E-state index in [1.165, 1.54) is 0 Å². The van der Waals surface area contributed by atoms with E-state index in [2.05, 4.69) is 10.3 Å². The number of amides is 1. The van der Waals surface area contributed by atoms with Gasteiger partial charge in [-0.2, -0.15) is 0 Å². The third-order valence-electron chi connectivity index (χ3n) is 3.44. The van der Waals surface area contributed by atoms with Gasteiger partial charge in [0.2, 0.25) is 5.91 Å². The van der Waals surface area contributed by atoms with Gasteiger partial charge in [-0.1, -0.05) is 24.3 Å². The van der Waals surface area contributed by atoms with Gasteiger partial charge in [0, 0.05) is 32.5 Å². The number of hydrogen-bond donors (Lipinski definition) is 2. The number of nitrogens with one attached hydrogen (secondary N) is 1. The van der Waals surface area contributed by atoms with Crippen molar-refractivity contribution in [2.75, 3.05) is 13.1 Å². The summed E-state index contributed by atoms with van der Waals surface area (Å²) in [7, 11) is 0. The maximum absolute atomic E-state index is 11.4. The lowest BCUT2D eigenvalue weighted by atomic mass is 10.0. The molecule has 2 rings (SSSR count). The predicted molar refractivity (Wildman–Crippen MR) is 72.0 cm³/mol. The Balaban J connectivity index is 2.03. The normalized spacial score (nSPS) is 16.4. The Hall–Kier alpha value is -1.72. The van der Waals surface area contributed by atoms with E-state index >= 15 is 0 Å². The van der Waals surface area contributed by atoms with Crippen LogP contribution in [0.5, 0.6) is 0 Å². The molecule has 1 saturated heterocycles. The van der Waals surface area contributed by atoms with Crippen LogP contribution in [0.15, 0.2) is 24.3 Å². The molecule has 19 heavy (non-hydrogen) atoms. The second-order valence-electron chi connectivity index (χ2n) is 4.83. The Kier molecular flexibility index (Phi) is 4.65. The van der Waals surface area contributed by atoms with Gasteiger partial charge in [0.25, 0.3) is 0 Å². The molecule has 1 amide bonds. The number of piperidine rings is 1. The first-order chi connectivity index (χ1) is 9.19. The number of ketones is 1. The molecule has 1 aliphatic heterocycles. The molecule has 0 radical (unpaired) electrons. The number of hydrogen-bond acceptors (Lipinski definition) is 4. The smallest absolute Gasteiger partial charge is 0.238 e. The molecule has 0 aromatic heterocycles. The Morgan fingerprint density at radius 3 is 2.47 bits per heavy atom. The minimum absolute atomic E-state index is 0.193. The average Bonchev–Trinajstić information content (AvgIpc) is 2.43. The number of Topliss-reactive ketones (excluding diaryl/α,β-unsaturated/α-hetero) is 1. The molecule has 0 spiro atoms. The molecule has 1 aromatic rings. The summed E-state index contributed by atoms with van der Waals surface area (Å²) in [5.74, 6) is 5.27. The number of rotatable bonds is 4. The van der Waals surface area contributed by atoms with Crippen molar-refractivity contribution in [3.8, 4) is 0 Å². The van der Waals surface area contributed by atoms with Crippen LogP contribution in [0.25, 0.3) is 0 Å². The second-order valence-corrected chi connectivity index (χ2v) is 4.83. The molecular weight excluding hydrogens is 242 g/mol. The molecule has 0 saturated carbocycles. The highest BCUT2D eigenvalue weighted by Gasteiger charge is 2.17. The molecule has 1 aliphatic rings. The van der Waals surface area contributed by atoms with Crippen LogP contribution in [0.3, 0.4) is 0 Å².